The van der Waals surface area contributed by atoms with Gasteiger partial charge in [-0.3, -0.25) is 0 Å². The Kier molecular flexibility index (Phi) is 6.16. The van der Waals surface area contributed by atoms with Crippen LogP contribution in [0.2, 0.25) is 0 Å². The van der Waals surface area contributed by atoms with Gasteiger partial charge in [-0.05, 0) is 19.3 Å². The third-order valence-corrected chi connectivity index (χ3v) is 3.82. The van der Waals surface area contributed by atoms with Crippen molar-refractivity contribution in [3.05, 3.63) is 0 Å². The van der Waals surface area contributed by atoms with Crippen LogP contribution in [0, 0.1) is 5.92 Å². The first-order valence-corrected chi connectivity index (χ1v) is 7.26. The van der Waals surface area contributed by atoms with Gasteiger partial charge in [-0.15, -0.1) is 0 Å². The van der Waals surface area contributed by atoms with Crippen LogP contribution < -0.4 is 4.72 Å². The fourth-order valence-electron chi connectivity index (χ4n) is 0.960. The Morgan fingerprint density at radius 3 is 2.23 bits per heavy atom. The topological polar surface area (TPSA) is 46.2 Å². The summed E-state index contributed by atoms with van der Waals surface area (Å²) < 4.78 is 25.2. The fourth-order valence-corrected chi connectivity index (χ4v) is 2.47. The first kappa shape index (κ1) is 13.4. The summed E-state index contributed by atoms with van der Waals surface area (Å²) in [6.45, 7) is 5.69. The molecule has 0 fully saturated rings. The number of rotatable bonds is 6. The highest BCUT2D eigenvalue weighted by Crippen LogP contribution is 2.09. The van der Waals surface area contributed by atoms with E-state index in [0.29, 0.717) is 5.92 Å². The number of alkyl halides is 1. The zero-order valence-electron chi connectivity index (χ0n) is 8.38. The van der Waals surface area contributed by atoms with Gasteiger partial charge in [0.25, 0.3) is 0 Å². The van der Waals surface area contributed by atoms with Crippen LogP contribution in [0.1, 0.15) is 27.2 Å². The lowest BCUT2D eigenvalue weighted by Crippen LogP contribution is -2.39. The molecule has 0 bridgehead atoms. The van der Waals surface area contributed by atoms with Crippen molar-refractivity contribution in [2.45, 2.75) is 33.2 Å². The quantitative estimate of drug-likeness (QED) is 0.748. The van der Waals surface area contributed by atoms with Gasteiger partial charge in [0.2, 0.25) is 10.0 Å². The van der Waals surface area contributed by atoms with Gasteiger partial charge < -0.3 is 0 Å². The van der Waals surface area contributed by atoms with E-state index in [-0.39, 0.29) is 11.8 Å². The average Bonchev–Trinajstić information content (AvgIpc) is 2.03. The fraction of sp³-hybridized carbons (Fsp3) is 1.00. The van der Waals surface area contributed by atoms with Crippen LogP contribution in [0.5, 0.6) is 0 Å². The van der Waals surface area contributed by atoms with Gasteiger partial charge in [0.1, 0.15) is 0 Å². The Morgan fingerprint density at radius 2 is 1.92 bits per heavy atom. The molecule has 1 atom stereocenters. The average molecular weight is 272 g/mol. The Balaban J connectivity index is 4.26. The predicted molar refractivity (Wildman–Crippen MR) is 59.6 cm³/mol. The van der Waals surface area contributed by atoms with Crippen LogP contribution in [0.4, 0.5) is 0 Å². The zero-order chi connectivity index (χ0) is 10.5. The number of sulfonamides is 1. The highest BCUT2D eigenvalue weighted by atomic mass is 79.9. The minimum atomic E-state index is -3.06. The van der Waals surface area contributed by atoms with Crippen molar-refractivity contribution in [1.82, 2.24) is 4.72 Å². The van der Waals surface area contributed by atoms with E-state index in [1.807, 2.05) is 13.8 Å². The van der Waals surface area contributed by atoms with Gasteiger partial charge in [0, 0.05) is 11.4 Å². The van der Waals surface area contributed by atoms with Gasteiger partial charge in [0.15, 0.2) is 0 Å². The monoisotopic (exact) mass is 271 g/mol. The van der Waals surface area contributed by atoms with Crippen LogP contribution in [0.15, 0.2) is 0 Å². The molecular formula is C8H18BrNO2S. The van der Waals surface area contributed by atoms with Gasteiger partial charge in [-0.25, -0.2) is 13.1 Å². The minimum Gasteiger partial charge on any atom is -0.212 e. The highest BCUT2D eigenvalue weighted by Gasteiger charge is 2.18. The molecule has 0 aromatic carbocycles. The van der Waals surface area contributed by atoms with Gasteiger partial charge in [-0.1, -0.05) is 29.8 Å². The predicted octanol–water partition coefficient (Wildman–Crippen LogP) is 1.74. The molecule has 13 heavy (non-hydrogen) atoms. The molecule has 0 rings (SSSR count). The van der Waals surface area contributed by atoms with E-state index >= 15 is 0 Å². The molecule has 0 aliphatic rings. The van der Waals surface area contributed by atoms with E-state index in [2.05, 4.69) is 20.7 Å². The molecule has 0 aliphatic heterocycles. The number of nitrogens with one attached hydrogen (secondary N) is 1. The van der Waals surface area contributed by atoms with Crippen LogP contribution in [-0.4, -0.2) is 25.5 Å². The van der Waals surface area contributed by atoms with Gasteiger partial charge in [-0.2, -0.15) is 0 Å². The summed E-state index contributed by atoms with van der Waals surface area (Å²) in [6, 6.07) is 0.0457. The van der Waals surface area contributed by atoms with E-state index in [0.717, 1.165) is 11.8 Å². The van der Waals surface area contributed by atoms with Crippen molar-refractivity contribution in [1.29, 1.82) is 0 Å². The van der Waals surface area contributed by atoms with E-state index in [1.54, 1.807) is 6.92 Å². The van der Waals surface area contributed by atoms with E-state index in [1.165, 1.54) is 0 Å². The van der Waals surface area contributed by atoms with Crippen molar-refractivity contribution in [3.8, 4) is 0 Å². The molecule has 0 aromatic rings. The molecule has 3 nitrogen and oxygen atoms in total. The van der Waals surface area contributed by atoms with Crippen LogP contribution in [-0.2, 0) is 10.0 Å². The van der Waals surface area contributed by atoms with Crippen molar-refractivity contribution in [3.63, 3.8) is 0 Å². The maximum atomic E-state index is 11.3. The summed E-state index contributed by atoms with van der Waals surface area (Å²) in [5, 5.41) is 0.822. The van der Waals surface area contributed by atoms with Crippen LogP contribution in [0.25, 0.3) is 0 Å². The number of hydrogen-bond acceptors (Lipinski definition) is 2. The second-order valence-electron chi connectivity index (χ2n) is 3.35. The summed E-state index contributed by atoms with van der Waals surface area (Å²) in [4.78, 5) is 0. The standard InChI is InChI=1S/C8H18BrNO2S/c1-4-13(11,12)10-8(5-6-9)7(2)3/h7-8,10H,4-6H2,1-3H3. The second-order valence-corrected chi connectivity index (χ2v) is 6.18. The molecule has 0 radical (unpaired) electrons. The molecule has 0 saturated heterocycles. The van der Waals surface area contributed by atoms with Gasteiger partial charge in [0.05, 0.1) is 5.75 Å². The summed E-state index contributed by atoms with van der Waals surface area (Å²) in [6.07, 6.45) is 0.830. The first-order chi connectivity index (χ1) is 5.93. The molecule has 0 spiro atoms. The summed E-state index contributed by atoms with van der Waals surface area (Å²) in [5.74, 6) is 0.484. The van der Waals surface area contributed by atoms with Crippen molar-refractivity contribution < 1.29 is 8.42 Å². The van der Waals surface area contributed by atoms with Crippen molar-refractivity contribution in [2.75, 3.05) is 11.1 Å². The smallest absolute Gasteiger partial charge is 0.211 e. The minimum absolute atomic E-state index is 0.0457. The first-order valence-electron chi connectivity index (χ1n) is 4.49. The molecule has 0 heterocycles. The SMILES string of the molecule is CCS(=O)(=O)NC(CCBr)C(C)C. The Hall–Kier alpha value is 0.390. The Morgan fingerprint density at radius 1 is 1.38 bits per heavy atom. The molecule has 5 heteroatoms. The summed E-state index contributed by atoms with van der Waals surface area (Å²) in [5.41, 5.74) is 0. The lowest BCUT2D eigenvalue weighted by atomic mass is 10.0. The van der Waals surface area contributed by atoms with Crippen LogP contribution >= 0.6 is 15.9 Å². The molecule has 80 valence electrons. The largest absolute Gasteiger partial charge is 0.212 e. The molecule has 1 N–H and O–H groups in total. The van der Waals surface area contributed by atoms with Crippen molar-refractivity contribution >= 4 is 26.0 Å². The number of hydrogen-bond donors (Lipinski definition) is 1. The Bertz CT molecular complexity index is 226. The number of halogens is 1. The maximum absolute atomic E-state index is 11.3. The summed E-state index contributed by atoms with van der Waals surface area (Å²) >= 11 is 3.31. The normalized spacial score (nSPS) is 14.8. The molecule has 0 amide bonds. The maximum Gasteiger partial charge on any atom is 0.211 e. The van der Waals surface area contributed by atoms with E-state index < -0.39 is 10.0 Å². The molecule has 1 unspecified atom stereocenters. The molecular weight excluding hydrogens is 254 g/mol. The summed E-state index contributed by atoms with van der Waals surface area (Å²) in [7, 11) is -3.06. The molecule has 0 saturated carbocycles. The lowest BCUT2D eigenvalue weighted by molar-refractivity contribution is 0.440. The third-order valence-electron chi connectivity index (χ3n) is 1.94. The molecule has 0 aliphatic carbocycles. The Labute approximate surface area is 89.5 Å². The highest BCUT2D eigenvalue weighted by molar-refractivity contribution is 9.09. The molecule has 0 aromatic heterocycles. The second kappa shape index (κ2) is 5.98. The zero-order valence-corrected chi connectivity index (χ0v) is 10.8. The van der Waals surface area contributed by atoms with Gasteiger partial charge >= 0.3 is 0 Å². The third kappa shape index (κ3) is 5.65. The van der Waals surface area contributed by atoms with E-state index in [9.17, 15) is 8.42 Å². The van der Waals surface area contributed by atoms with E-state index in [4.69, 9.17) is 0 Å². The van der Waals surface area contributed by atoms with Crippen LogP contribution in [0.3, 0.4) is 0 Å². The lowest BCUT2D eigenvalue weighted by Gasteiger charge is -2.20. The van der Waals surface area contributed by atoms with Crippen molar-refractivity contribution in [2.24, 2.45) is 5.92 Å².